The number of hydrogen-bond acceptors (Lipinski definition) is 9. The van der Waals surface area contributed by atoms with Gasteiger partial charge < -0.3 is 35.2 Å². The van der Waals surface area contributed by atoms with E-state index in [9.17, 15) is 35.3 Å². The molecule has 5 N–H and O–H groups in total. The van der Waals surface area contributed by atoms with Gasteiger partial charge in [0.25, 0.3) is 11.6 Å². The molecule has 2 aromatic carbocycles. The Morgan fingerprint density at radius 2 is 1.84 bits per heavy atom. The fourth-order valence-corrected chi connectivity index (χ4v) is 3.38. The van der Waals surface area contributed by atoms with Crippen molar-refractivity contribution in [2.45, 2.75) is 30.7 Å². The van der Waals surface area contributed by atoms with Gasteiger partial charge in [0.2, 0.25) is 6.29 Å². The zero-order valence-corrected chi connectivity index (χ0v) is 17.6. The molecule has 11 nitrogen and oxygen atoms in total. The van der Waals surface area contributed by atoms with E-state index < -0.39 is 48.1 Å². The maximum atomic E-state index is 12.8. The van der Waals surface area contributed by atoms with E-state index in [1.165, 1.54) is 24.3 Å². The highest BCUT2D eigenvalue weighted by Gasteiger charge is 2.45. The molecule has 0 aromatic heterocycles. The summed E-state index contributed by atoms with van der Waals surface area (Å²) in [6, 6.07) is 7.45. The van der Waals surface area contributed by atoms with Crippen molar-refractivity contribution in [3.8, 4) is 5.75 Å². The molecule has 32 heavy (non-hydrogen) atoms. The molecule has 1 saturated heterocycles. The van der Waals surface area contributed by atoms with Crippen LogP contribution in [0.25, 0.3) is 0 Å². The smallest absolute Gasteiger partial charge is 0.271 e. The lowest BCUT2D eigenvalue weighted by Gasteiger charge is -2.39. The molecule has 0 aliphatic carbocycles. The van der Waals surface area contributed by atoms with Crippen molar-refractivity contribution in [3.63, 3.8) is 0 Å². The molecule has 0 spiro atoms. The number of nitro groups is 1. The molecule has 5 unspecified atom stereocenters. The van der Waals surface area contributed by atoms with E-state index >= 15 is 0 Å². The quantitative estimate of drug-likeness (QED) is 0.297. The molecule has 1 aliphatic rings. The van der Waals surface area contributed by atoms with Crippen molar-refractivity contribution in [3.05, 3.63) is 62.1 Å². The average molecular weight is 489 g/mol. The highest BCUT2D eigenvalue weighted by atomic mass is 35.5. The molecule has 1 aliphatic heterocycles. The third-order valence-corrected chi connectivity index (χ3v) is 5.24. The highest BCUT2D eigenvalue weighted by Crippen LogP contribution is 2.31. The Balaban J connectivity index is 1.85. The van der Waals surface area contributed by atoms with Crippen molar-refractivity contribution in [2.24, 2.45) is 0 Å². The van der Waals surface area contributed by atoms with E-state index in [-0.39, 0.29) is 32.7 Å². The second-order valence-electron chi connectivity index (χ2n) is 6.83. The SMILES string of the molecule is O=C(Nc1ccc([N+](=O)[O-])cc1Cl)c1cc(Cl)ccc1OC1OC(CO)C(O)C(O)C1O. The number of aliphatic hydroxyl groups is 4. The number of nitrogens with zero attached hydrogens (tertiary/aromatic N) is 1. The van der Waals surface area contributed by atoms with Crippen LogP contribution >= 0.6 is 23.2 Å². The number of amides is 1. The summed E-state index contributed by atoms with van der Waals surface area (Å²) in [7, 11) is 0. The first-order valence-electron chi connectivity index (χ1n) is 9.14. The first-order valence-corrected chi connectivity index (χ1v) is 9.90. The van der Waals surface area contributed by atoms with Gasteiger partial charge in [-0.3, -0.25) is 14.9 Å². The summed E-state index contributed by atoms with van der Waals surface area (Å²) in [5, 5.41) is 52.7. The number of nitrogens with one attached hydrogen (secondary N) is 1. The third kappa shape index (κ3) is 5.10. The van der Waals surface area contributed by atoms with Gasteiger partial charge in [0.1, 0.15) is 30.2 Å². The van der Waals surface area contributed by atoms with E-state index in [4.69, 9.17) is 32.7 Å². The average Bonchev–Trinajstić information content (AvgIpc) is 2.76. The van der Waals surface area contributed by atoms with E-state index in [1.807, 2.05) is 0 Å². The normalized spacial score (nSPS) is 25.2. The maximum absolute atomic E-state index is 12.8. The van der Waals surface area contributed by atoms with Gasteiger partial charge in [-0.15, -0.1) is 0 Å². The number of ether oxygens (including phenoxy) is 2. The minimum Gasteiger partial charge on any atom is -0.461 e. The van der Waals surface area contributed by atoms with Gasteiger partial charge in [-0.2, -0.15) is 0 Å². The summed E-state index contributed by atoms with van der Waals surface area (Å²) < 4.78 is 10.8. The van der Waals surface area contributed by atoms with E-state index in [0.29, 0.717) is 0 Å². The summed E-state index contributed by atoms with van der Waals surface area (Å²) >= 11 is 12.0. The first-order chi connectivity index (χ1) is 15.1. The van der Waals surface area contributed by atoms with Crippen LogP contribution in [-0.2, 0) is 4.74 Å². The fraction of sp³-hybridized carbons (Fsp3) is 0.316. The largest absolute Gasteiger partial charge is 0.461 e. The second kappa shape index (κ2) is 9.96. The predicted octanol–water partition coefficient (Wildman–Crippen LogP) is 1.33. The Kier molecular flexibility index (Phi) is 7.51. The Labute approximate surface area is 190 Å². The monoisotopic (exact) mass is 488 g/mol. The summed E-state index contributed by atoms with van der Waals surface area (Å²) in [6.07, 6.45) is -7.67. The molecule has 172 valence electrons. The number of hydrogen-bond donors (Lipinski definition) is 5. The standard InChI is InChI=1S/C19H18Cl2N2O9/c20-8-1-4-13(31-19-17(27)16(26)15(25)14(7-24)32-19)10(5-8)18(28)22-12-3-2-9(23(29)30)6-11(12)21/h1-6,14-17,19,24-27H,7H2,(H,22,28). The summed E-state index contributed by atoms with van der Waals surface area (Å²) in [6.45, 7) is -0.655. The maximum Gasteiger partial charge on any atom is 0.271 e. The molecule has 0 radical (unpaired) electrons. The van der Waals surface area contributed by atoms with Crippen molar-refractivity contribution in [1.29, 1.82) is 0 Å². The lowest BCUT2D eigenvalue weighted by molar-refractivity contribution is -0.384. The van der Waals surface area contributed by atoms with Crippen LogP contribution in [0.4, 0.5) is 11.4 Å². The van der Waals surface area contributed by atoms with Crippen LogP contribution in [0, 0.1) is 10.1 Å². The molecule has 0 saturated carbocycles. The van der Waals surface area contributed by atoms with Crippen molar-refractivity contribution >= 4 is 40.5 Å². The second-order valence-corrected chi connectivity index (χ2v) is 7.67. The van der Waals surface area contributed by atoms with Crippen LogP contribution in [0.5, 0.6) is 5.75 Å². The molecule has 0 bridgehead atoms. The van der Waals surface area contributed by atoms with Gasteiger partial charge in [-0.1, -0.05) is 23.2 Å². The minimum absolute atomic E-state index is 0.0778. The molecule has 2 aromatic rings. The van der Waals surface area contributed by atoms with Crippen molar-refractivity contribution in [2.75, 3.05) is 11.9 Å². The summed E-state index contributed by atoms with van der Waals surface area (Å²) in [4.78, 5) is 23.0. The van der Waals surface area contributed by atoms with Gasteiger partial charge in [0.15, 0.2) is 0 Å². The lowest BCUT2D eigenvalue weighted by Crippen LogP contribution is -2.60. The van der Waals surface area contributed by atoms with Crippen LogP contribution in [0.15, 0.2) is 36.4 Å². The number of aliphatic hydroxyl groups excluding tert-OH is 4. The fourth-order valence-electron chi connectivity index (χ4n) is 2.98. The molecule has 3 rings (SSSR count). The van der Waals surface area contributed by atoms with Crippen molar-refractivity contribution < 1.29 is 39.6 Å². The number of non-ortho nitro benzene ring substituents is 1. The van der Waals surface area contributed by atoms with Crippen LogP contribution in [0.3, 0.4) is 0 Å². The number of carbonyl (C=O) groups is 1. The van der Waals surface area contributed by atoms with Gasteiger partial charge in [0, 0.05) is 17.2 Å². The number of benzene rings is 2. The molecular weight excluding hydrogens is 471 g/mol. The van der Waals surface area contributed by atoms with Gasteiger partial charge in [-0.25, -0.2) is 0 Å². The summed E-state index contributed by atoms with van der Waals surface area (Å²) in [5.41, 5.74) is -0.285. The zero-order valence-electron chi connectivity index (χ0n) is 16.1. The predicted molar refractivity (Wildman–Crippen MR) is 112 cm³/mol. The van der Waals surface area contributed by atoms with Crippen molar-refractivity contribution in [1.82, 2.24) is 0 Å². The molecule has 1 fully saturated rings. The van der Waals surface area contributed by atoms with Crippen LogP contribution < -0.4 is 10.1 Å². The van der Waals surface area contributed by atoms with Gasteiger partial charge in [0.05, 0.1) is 27.8 Å². The Morgan fingerprint density at radius 3 is 2.47 bits per heavy atom. The Hall–Kier alpha value is -2.51. The first kappa shape index (κ1) is 24.1. The van der Waals surface area contributed by atoms with Crippen LogP contribution in [-0.4, -0.2) is 68.6 Å². The Morgan fingerprint density at radius 1 is 1.12 bits per heavy atom. The Bertz CT molecular complexity index is 1020. The zero-order chi connectivity index (χ0) is 23.6. The van der Waals surface area contributed by atoms with E-state index in [0.717, 1.165) is 12.1 Å². The van der Waals surface area contributed by atoms with Gasteiger partial charge in [-0.05, 0) is 24.3 Å². The number of carbonyl (C=O) groups excluding carboxylic acids is 1. The highest BCUT2D eigenvalue weighted by molar-refractivity contribution is 6.34. The van der Waals surface area contributed by atoms with E-state index in [1.54, 1.807) is 0 Å². The van der Waals surface area contributed by atoms with Gasteiger partial charge >= 0.3 is 0 Å². The van der Waals surface area contributed by atoms with Crippen LogP contribution in [0.2, 0.25) is 10.0 Å². The van der Waals surface area contributed by atoms with E-state index in [2.05, 4.69) is 5.32 Å². The lowest BCUT2D eigenvalue weighted by atomic mass is 9.99. The summed E-state index contributed by atoms with van der Waals surface area (Å²) in [5.74, 6) is -0.850. The molecule has 13 heteroatoms. The minimum atomic E-state index is -1.69. The number of rotatable bonds is 6. The number of anilines is 1. The topological polar surface area (TPSA) is 172 Å². The molecule has 1 amide bonds. The number of halogens is 2. The molecular formula is C19H18Cl2N2O9. The number of nitro benzene ring substituents is 1. The molecule has 5 atom stereocenters. The molecule has 1 heterocycles. The third-order valence-electron chi connectivity index (χ3n) is 4.69. The van der Waals surface area contributed by atoms with Crippen LogP contribution in [0.1, 0.15) is 10.4 Å².